The molecule has 0 saturated carbocycles. The SMILES string of the molecule is CCCCN(CC(C)(CO)CO)C(C)CC. The summed E-state index contributed by atoms with van der Waals surface area (Å²) >= 11 is 0. The molecule has 0 bridgehead atoms. The number of aliphatic hydroxyl groups is 2. The van der Waals surface area contributed by atoms with E-state index in [1.807, 2.05) is 6.92 Å². The zero-order valence-electron chi connectivity index (χ0n) is 11.4. The third kappa shape index (κ3) is 5.28. The zero-order chi connectivity index (χ0) is 12.6. The molecule has 0 aromatic heterocycles. The molecule has 0 amide bonds. The lowest BCUT2D eigenvalue weighted by molar-refractivity contribution is 0.0229. The predicted molar refractivity (Wildman–Crippen MR) is 68.5 cm³/mol. The smallest absolute Gasteiger partial charge is 0.0519 e. The van der Waals surface area contributed by atoms with Gasteiger partial charge in [-0.1, -0.05) is 27.2 Å². The highest BCUT2D eigenvalue weighted by atomic mass is 16.3. The van der Waals surface area contributed by atoms with Gasteiger partial charge in [0, 0.05) is 18.0 Å². The third-order valence-electron chi connectivity index (χ3n) is 3.36. The van der Waals surface area contributed by atoms with E-state index in [0.29, 0.717) is 6.04 Å². The molecule has 16 heavy (non-hydrogen) atoms. The largest absolute Gasteiger partial charge is 0.396 e. The van der Waals surface area contributed by atoms with Gasteiger partial charge in [-0.05, 0) is 26.3 Å². The van der Waals surface area contributed by atoms with E-state index in [9.17, 15) is 10.2 Å². The van der Waals surface area contributed by atoms with Crippen molar-refractivity contribution in [3.8, 4) is 0 Å². The van der Waals surface area contributed by atoms with Gasteiger partial charge in [-0.15, -0.1) is 0 Å². The molecular weight excluding hydrogens is 202 g/mol. The minimum atomic E-state index is -0.378. The highest BCUT2D eigenvalue weighted by molar-refractivity contribution is 4.79. The molecule has 98 valence electrons. The van der Waals surface area contributed by atoms with Gasteiger partial charge in [-0.2, -0.15) is 0 Å². The maximum Gasteiger partial charge on any atom is 0.0519 e. The second-order valence-corrected chi connectivity index (χ2v) is 5.21. The molecule has 0 saturated heterocycles. The van der Waals surface area contributed by atoms with Crippen LogP contribution in [-0.4, -0.2) is 47.5 Å². The van der Waals surface area contributed by atoms with Crippen molar-refractivity contribution >= 4 is 0 Å². The molecule has 0 aromatic rings. The van der Waals surface area contributed by atoms with Crippen LogP contribution < -0.4 is 0 Å². The Morgan fingerprint density at radius 3 is 2.12 bits per heavy atom. The van der Waals surface area contributed by atoms with Crippen LogP contribution in [0.3, 0.4) is 0 Å². The first kappa shape index (κ1) is 15.9. The van der Waals surface area contributed by atoms with Gasteiger partial charge in [0.05, 0.1) is 13.2 Å². The molecule has 0 aliphatic heterocycles. The summed E-state index contributed by atoms with van der Waals surface area (Å²) in [6, 6.07) is 0.518. The number of hydrogen-bond donors (Lipinski definition) is 2. The summed E-state index contributed by atoms with van der Waals surface area (Å²) in [5.41, 5.74) is -0.378. The Kier molecular flexibility index (Phi) is 7.98. The lowest BCUT2D eigenvalue weighted by atomic mass is 9.91. The molecule has 0 fully saturated rings. The summed E-state index contributed by atoms with van der Waals surface area (Å²) in [7, 11) is 0. The van der Waals surface area contributed by atoms with Crippen molar-refractivity contribution in [2.24, 2.45) is 5.41 Å². The second kappa shape index (κ2) is 8.04. The van der Waals surface area contributed by atoms with Crippen molar-refractivity contribution in [3.05, 3.63) is 0 Å². The van der Waals surface area contributed by atoms with Crippen LogP contribution in [0.5, 0.6) is 0 Å². The molecule has 1 atom stereocenters. The lowest BCUT2D eigenvalue weighted by Gasteiger charge is -2.36. The van der Waals surface area contributed by atoms with E-state index in [1.165, 1.54) is 12.8 Å². The Morgan fingerprint density at radius 2 is 1.75 bits per heavy atom. The van der Waals surface area contributed by atoms with Gasteiger partial charge in [0.2, 0.25) is 0 Å². The summed E-state index contributed by atoms with van der Waals surface area (Å²) in [4.78, 5) is 2.38. The number of nitrogens with zero attached hydrogens (tertiary/aromatic N) is 1. The first-order chi connectivity index (χ1) is 7.52. The van der Waals surface area contributed by atoms with E-state index in [-0.39, 0.29) is 18.6 Å². The monoisotopic (exact) mass is 231 g/mol. The average molecular weight is 231 g/mol. The third-order valence-corrected chi connectivity index (χ3v) is 3.36. The fraction of sp³-hybridized carbons (Fsp3) is 1.00. The van der Waals surface area contributed by atoms with E-state index in [4.69, 9.17) is 0 Å². The first-order valence-electron chi connectivity index (χ1n) is 6.48. The van der Waals surface area contributed by atoms with Gasteiger partial charge in [0.15, 0.2) is 0 Å². The Balaban J connectivity index is 4.39. The van der Waals surface area contributed by atoms with Crippen LogP contribution in [0.1, 0.15) is 47.0 Å². The number of unbranched alkanes of at least 4 members (excludes halogenated alkanes) is 1. The van der Waals surface area contributed by atoms with E-state index < -0.39 is 0 Å². The molecule has 0 spiro atoms. The molecule has 0 aliphatic rings. The predicted octanol–water partition coefficient (Wildman–Crippen LogP) is 1.88. The molecule has 3 heteroatoms. The van der Waals surface area contributed by atoms with Gasteiger partial charge < -0.3 is 10.2 Å². The summed E-state index contributed by atoms with van der Waals surface area (Å²) in [6.07, 6.45) is 3.47. The quantitative estimate of drug-likeness (QED) is 0.637. The van der Waals surface area contributed by atoms with E-state index in [0.717, 1.165) is 19.5 Å². The van der Waals surface area contributed by atoms with Gasteiger partial charge >= 0.3 is 0 Å². The van der Waals surface area contributed by atoms with Crippen molar-refractivity contribution < 1.29 is 10.2 Å². The van der Waals surface area contributed by atoms with Crippen molar-refractivity contribution in [2.75, 3.05) is 26.3 Å². The normalized spacial score (nSPS) is 14.4. The molecule has 3 nitrogen and oxygen atoms in total. The summed E-state index contributed by atoms with van der Waals surface area (Å²) < 4.78 is 0. The highest BCUT2D eigenvalue weighted by Crippen LogP contribution is 2.19. The Labute approximate surface area is 100 Å². The number of aliphatic hydroxyl groups excluding tert-OH is 2. The highest BCUT2D eigenvalue weighted by Gasteiger charge is 2.27. The molecule has 0 aromatic carbocycles. The standard InChI is InChI=1S/C13H29NO2/c1-5-7-8-14(12(3)6-2)9-13(4,10-15)11-16/h12,15-16H,5-11H2,1-4H3. The summed E-state index contributed by atoms with van der Waals surface area (Å²) in [5, 5.41) is 18.7. The number of rotatable bonds is 9. The van der Waals surface area contributed by atoms with Crippen LogP contribution >= 0.6 is 0 Å². The lowest BCUT2D eigenvalue weighted by Crippen LogP contribution is -2.45. The molecule has 0 aliphatic carbocycles. The Bertz CT molecular complexity index is 169. The van der Waals surface area contributed by atoms with Crippen LogP contribution in [0, 0.1) is 5.41 Å². The van der Waals surface area contributed by atoms with Crippen LogP contribution in [0.15, 0.2) is 0 Å². The topological polar surface area (TPSA) is 43.7 Å². The van der Waals surface area contributed by atoms with E-state index in [2.05, 4.69) is 25.7 Å². The van der Waals surface area contributed by atoms with Crippen molar-refractivity contribution in [3.63, 3.8) is 0 Å². The van der Waals surface area contributed by atoms with Crippen molar-refractivity contribution in [1.82, 2.24) is 4.90 Å². The molecule has 2 N–H and O–H groups in total. The van der Waals surface area contributed by atoms with Crippen LogP contribution in [0.25, 0.3) is 0 Å². The van der Waals surface area contributed by atoms with Crippen LogP contribution in [-0.2, 0) is 0 Å². The summed E-state index contributed by atoms with van der Waals surface area (Å²) in [6.45, 7) is 10.4. The Morgan fingerprint density at radius 1 is 1.19 bits per heavy atom. The van der Waals surface area contributed by atoms with Crippen molar-refractivity contribution in [2.45, 2.75) is 53.0 Å². The van der Waals surface area contributed by atoms with E-state index in [1.54, 1.807) is 0 Å². The molecular formula is C13H29NO2. The maximum absolute atomic E-state index is 9.33. The average Bonchev–Trinajstić information content (AvgIpc) is 2.33. The van der Waals surface area contributed by atoms with Gasteiger partial charge in [-0.3, -0.25) is 4.90 Å². The minimum Gasteiger partial charge on any atom is -0.396 e. The zero-order valence-corrected chi connectivity index (χ0v) is 11.4. The van der Waals surface area contributed by atoms with Gasteiger partial charge in [0.25, 0.3) is 0 Å². The van der Waals surface area contributed by atoms with Crippen molar-refractivity contribution in [1.29, 1.82) is 0 Å². The second-order valence-electron chi connectivity index (χ2n) is 5.21. The molecule has 1 unspecified atom stereocenters. The fourth-order valence-electron chi connectivity index (χ4n) is 1.71. The van der Waals surface area contributed by atoms with Crippen LogP contribution in [0.4, 0.5) is 0 Å². The fourth-order valence-corrected chi connectivity index (χ4v) is 1.71. The number of hydrogen-bond acceptors (Lipinski definition) is 3. The molecule has 0 radical (unpaired) electrons. The maximum atomic E-state index is 9.33. The summed E-state index contributed by atoms with van der Waals surface area (Å²) in [5.74, 6) is 0. The molecule has 0 heterocycles. The van der Waals surface area contributed by atoms with Crippen LogP contribution in [0.2, 0.25) is 0 Å². The Hall–Kier alpha value is -0.120. The minimum absolute atomic E-state index is 0.0442. The van der Waals surface area contributed by atoms with Gasteiger partial charge in [-0.25, -0.2) is 0 Å². The van der Waals surface area contributed by atoms with Gasteiger partial charge in [0.1, 0.15) is 0 Å². The van der Waals surface area contributed by atoms with E-state index >= 15 is 0 Å². The molecule has 0 rings (SSSR count). The first-order valence-corrected chi connectivity index (χ1v) is 6.48.